The number of amides is 1. The first-order valence-corrected chi connectivity index (χ1v) is 8.82. The molecular formula is C13H20N4O3S. The molecule has 2 N–H and O–H groups in total. The molecule has 7 nitrogen and oxygen atoms in total. The molecule has 1 unspecified atom stereocenters. The van der Waals surface area contributed by atoms with E-state index in [1.807, 2.05) is 6.92 Å². The van der Waals surface area contributed by atoms with Gasteiger partial charge in [-0.25, -0.2) is 18.4 Å². The average Bonchev–Trinajstić information content (AvgIpc) is 2.75. The van der Waals surface area contributed by atoms with E-state index < -0.39 is 9.84 Å². The fourth-order valence-corrected chi connectivity index (χ4v) is 3.87. The van der Waals surface area contributed by atoms with E-state index in [9.17, 15) is 13.2 Å². The van der Waals surface area contributed by atoms with Crippen LogP contribution in [-0.2, 0) is 9.84 Å². The predicted molar refractivity (Wildman–Crippen MR) is 80.1 cm³/mol. The molecule has 0 aliphatic carbocycles. The van der Waals surface area contributed by atoms with Gasteiger partial charge in [-0.05, 0) is 19.8 Å². The van der Waals surface area contributed by atoms with Crippen LogP contribution in [0.1, 0.15) is 36.1 Å². The van der Waals surface area contributed by atoms with Crippen LogP contribution in [-0.4, -0.2) is 48.4 Å². The third kappa shape index (κ3) is 4.38. The molecule has 8 heteroatoms. The summed E-state index contributed by atoms with van der Waals surface area (Å²) in [6.07, 6.45) is 1.41. The molecule has 2 heterocycles. The van der Waals surface area contributed by atoms with Gasteiger partial charge in [0, 0.05) is 18.7 Å². The maximum absolute atomic E-state index is 12.2. The number of carbonyl (C=O) groups excluding carboxylic acids is 1. The van der Waals surface area contributed by atoms with E-state index in [2.05, 4.69) is 20.6 Å². The first kappa shape index (κ1) is 15.7. The van der Waals surface area contributed by atoms with Gasteiger partial charge in [-0.15, -0.1) is 0 Å². The Morgan fingerprint density at radius 3 is 2.81 bits per heavy atom. The molecule has 1 aromatic rings. The lowest BCUT2D eigenvalue weighted by atomic mass is 10.2. The van der Waals surface area contributed by atoms with Gasteiger partial charge in [0.25, 0.3) is 5.91 Å². The number of aryl methyl sites for hydroxylation is 1. The van der Waals surface area contributed by atoms with Gasteiger partial charge in [0.1, 0.15) is 17.3 Å². The molecular weight excluding hydrogens is 292 g/mol. The third-order valence-corrected chi connectivity index (χ3v) is 4.96. The Labute approximate surface area is 124 Å². The zero-order chi connectivity index (χ0) is 15.5. The van der Waals surface area contributed by atoms with Crippen LogP contribution in [0, 0.1) is 6.92 Å². The SMILES string of the molecule is CCCNc1cc(C(=O)NC2CCS(=O)(=O)C2)nc(C)n1. The van der Waals surface area contributed by atoms with Gasteiger partial charge in [0.15, 0.2) is 9.84 Å². The van der Waals surface area contributed by atoms with Crippen molar-refractivity contribution < 1.29 is 13.2 Å². The van der Waals surface area contributed by atoms with Gasteiger partial charge in [0.2, 0.25) is 0 Å². The summed E-state index contributed by atoms with van der Waals surface area (Å²) < 4.78 is 22.8. The Bertz CT molecular complexity index is 630. The minimum atomic E-state index is -3.01. The van der Waals surface area contributed by atoms with Crippen molar-refractivity contribution in [1.29, 1.82) is 0 Å². The van der Waals surface area contributed by atoms with Gasteiger partial charge < -0.3 is 10.6 Å². The summed E-state index contributed by atoms with van der Waals surface area (Å²) in [5, 5.41) is 5.84. The number of nitrogens with one attached hydrogen (secondary N) is 2. The van der Waals surface area contributed by atoms with Crippen molar-refractivity contribution in [3.63, 3.8) is 0 Å². The summed E-state index contributed by atoms with van der Waals surface area (Å²) in [5.74, 6) is 0.879. The first-order chi connectivity index (χ1) is 9.89. The summed E-state index contributed by atoms with van der Waals surface area (Å²) in [6.45, 7) is 4.52. The molecule has 1 fully saturated rings. The smallest absolute Gasteiger partial charge is 0.270 e. The second-order valence-corrected chi connectivity index (χ2v) is 7.41. The van der Waals surface area contributed by atoms with Gasteiger partial charge in [-0.2, -0.15) is 0 Å². The van der Waals surface area contributed by atoms with Gasteiger partial charge in [-0.1, -0.05) is 6.92 Å². The minimum absolute atomic E-state index is 0.00372. The highest BCUT2D eigenvalue weighted by Gasteiger charge is 2.29. The molecule has 0 bridgehead atoms. The quantitative estimate of drug-likeness (QED) is 0.822. The largest absolute Gasteiger partial charge is 0.370 e. The predicted octanol–water partition coefficient (Wildman–Crippen LogP) is 0.524. The standard InChI is InChI=1S/C13H20N4O3S/c1-3-5-14-12-7-11(15-9(2)16-12)13(18)17-10-4-6-21(19,20)8-10/h7,10H,3-6,8H2,1-2H3,(H,17,18)(H,14,15,16). The highest BCUT2D eigenvalue weighted by molar-refractivity contribution is 7.91. The Hall–Kier alpha value is -1.70. The lowest BCUT2D eigenvalue weighted by Gasteiger charge is -2.11. The van der Waals surface area contributed by atoms with Gasteiger partial charge in [-0.3, -0.25) is 4.79 Å². The van der Waals surface area contributed by atoms with E-state index >= 15 is 0 Å². The Morgan fingerprint density at radius 1 is 1.43 bits per heavy atom. The second kappa shape index (κ2) is 6.38. The number of anilines is 1. The fourth-order valence-electron chi connectivity index (χ4n) is 2.20. The molecule has 21 heavy (non-hydrogen) atoms. The molecule has 0 spiro atoms. The molecule has 1 aliphatic rings. The summed E-state index contributed by atoms with van der Waals surface area (Å²) in [4.78, 5) is 20.5. The number of rotatable bonds is 5. The summed E-state index contributed by atoms with van der Waals surface area (Å²) in [5.41, 5.74) is 0.255. The zero-order valence-electron chi connectivity index (χ0n) is 12.2. The van der Waals surface area contributed by atoms with Crippen LogP contribution in [0.25, 0.3) is 0 Å². The monoisotopic (exact) mass is 312 g/mol. The molecule has 0 saturated carbocycles. The van der Waals surface area contributed by atoms with Crippen LogP contribution in [0.15, 0.2) is 6.07 Å². The van der Waals surface area contributed by atoms with Crippen molar-refractivity contribution >= 4 is 21.6 Å². The number of hydrogen-bond acceptors (Lipinski definition) is 6. The zero-order valence-corrected chi connectivity index (χ0v) is 13.0. The van der Waals surface area contributed by atoms with E-state index in [1.165, 1.54) is 0 Å². The molecule has 1 aromatic heterocycles. The van der Waals surface area contributed by atoms with Crippen molar-refractivity contribution in [3.05, 3.63) is 17.6 Å². The fraction of sp³-hybridized carbons (Fsp3) is 0.615. The summed E-state index contributed by atoms with van der Waals surface area (Å²) in [6, 6.07) is 1.26. The van der Waals surface area contributed by atoms with Crippen molar-refractivity contribution in [3.8, 4) is 0 Å². The molecule has 0 aromatic carbocycles. The number of carbonyl (C=O) groups is 1. The lowest BCUT2D eigenvalue weighted by molar-refractivity contribution is 0.0935. The molecule has 2 rings (SSSR count). The van der Waals surface area contributed by atoms with Crippen LogP contribution in [0.4, 0.5) is 5.82 Å². The van der Waals surface area contributed by atoms with Crippen molar-refractivity contribution in [1.82, 2.24) is 15.3 Å². The maximum atomic E-state index is 12.2. The molecule has 1 saturated heterocycles. The highest BCUT2D eigenvalue weighted by atomic mass is 32.2. The molecule has 1 atom stereocenters. The van der Waals surface area contributed by atoms with Crippen molar-refractivity contribution in [2.45, 2.75) is 32.7 Å². The second-order valence-electron chi connectivity index (χ2n) is 5.19. The minimum Gasteiger partial charge on any atom is -0.370 e. The van der Waals surface area contributed by atoms with Crippen LogP contribution in [0.5, 0.6) is 0 Å². The van der Waals surface area contributed by atoms with E-state index in [1.54, 1.807) is 13.0 Å². The Balaban J connectivity index is 2.06. The molecule has 1 aliphatic heterocycles. The average molecular weight is 312 g/mol. The van der Waals surface area contributed by atoms with Crippen molar-refractivity contribution in [2.24, 2.45) is 0 Å². The first-order valence-electron chi connectivity index (χ1n) is 7.00. The lowest BCUT2D eigenvalue weighted by Crippen LogP contribution is -2.36. The van der Waals surface area contributed by atoms with Crippen LogP contribution in [0.2, 0.25) is 0 Å². The number of nitrogens with zero attached hydrogens (tertiary/aromatic N) is 2. The molecule has 0 radical (unpaired) electrons. The normalized spacial score (nSPS) is 20.2. The third-order valence-electron chi connectivity index (χ3n) is 3.19. The topological polar surface area (TPSA) is 101 Å². The maximum Gasteiger partial charge on any atom is 0.270 e. The van der Waals surface area contributed by atoms with E-state index in [4.69, 9.17) is 0 Å². The van der Waals surface area contributed by atoms with Gasteiger partial charge in [0.05, 0.1) is 11.5 Å². The Kier molecular flexibility index (Phi) is 4.76. The Morgan fingerprint density at radius 2 is 2.19 bits per heavy atom. The number of hydrogen-bond donors (Lipinski definition) is 2. The molecule has 1 amide bonds. The van der Waals surface area contributed by atoms with E-state index in [-0.39, 0.29) is 29.1 Å². The number of sulfone groups is 1. The summed E-state index contributed by atoms with van der Waals surface area (Å²) in [7, 11) is -3.01. The summed E-state index contributed by atoms with van der Waals surface area (Å²) >= 11 is 0. The van der Waals surface area contributed by atoms with Crippen LogP contribution >= 0.6 is 0 Å². The van der Waals surface area contributed by atoms with E-state index in [0.717, 1.165) is 13.0 Å². The molecule has 116 valence electrons. The van der Waals surface area contributed by atoms with Crippen LogP contribution in [0.3, 0.4) is 0 Å². The van der Waals surface area contributed by atoms with Crippen molar-refractivity contribution in [2.75, 3.05) is 23.4 Å². The highest BCUT2D eigenvalue weighted by Crippen LogP contribution is 2.13. The number of aromatic nitrogens is 2. The van der Waals surface area contributed by atoms with Gasteiger partial charge >= 0.3 is 0 Å². The van der Waals surface area contributed by atoms with E-state index in [0.29, 0.717) is 18.1 Å². The van der Waals surface area contributed by atoms with Crippen LogP contribution < -0.4 is 10.6 Å².